The normalized spacial score (nSPS) is 22.8. The van der Waals surface area contributed by atoms with Crippen LogP contribution in [0, 0.1) is 0 Å². The molecule has 1 N–H and O–H groups in total. The summed E-state index contributed by atoms with van der Waals surface area (Å²) in [5, 5.41) is 9.07. The fourth-order valence-corrected chi connectivity index (χ4v) is 3.01. The third kappa shape index (κ3) is 3.35. The molecule has 21 heavy (non-hydrogen) atoms. The van der Waals surface area contributed by atoms with Crippen molar-refractivity contribution < 1.29 is 9.90 Å². The first-order valence-corrected chi connectivity index (χ1v) is 7.57. The fraction of sp³-hybridized carbons (Fsp3) is 0.625. The van der Waals surface area contributed by atoms with Gasteiger partial charge in [0.05, 0.1) is 0 Å². The Labute approximate surface area is 126 Å². The Morgan fingerprint density at radius 1 is 1.33 bits per heavy atom. The number of anilines is 1. The van der Waals surface area contributed by atoms with Crippen molar-refractivity contribution in [2.24, 2.45) is 0 Å². The molecule has 0 unspecified atom stereocenters. The van der Waals surface area contributed by atoms with Crippen LogP contribution in [0.4, 0.5) is 5.82 Å². The van der Waals surface area contributed by atoms with Crippen LogP contribution in [0.15, 0.2) is 18.3 Å². The Kier molecular flexibility index (Phi) is 4.83. The van der Waals surface area contributed by atoms with Gasteiger partial charge in [0.25, 0.3) is 0 Å². The standard InChI is InChI=1S/C16H25N3O2/c1-11(2)14-5-6-15(17-7-14)18-8-12(3)19(13(4)9-18)16(21)10-20/h5-7,11-13,20H,8-10H2,1-4H3/t12-,13+. The van der Waals surface area contributed by atoms with Crippen LogP contribution in [0.2, 0.25) is 0 Å². The van der Waals surface area contributed by atoms with E-state index in [4.69, 9.17) is 5.11 Å². The molecule has 116 valence electrons. The predicted molar refractivity (Wildman–Crippen MR) is 83.4 cm³/mol. The molecule has 5 heteroatoms. The van der Waals surface area contributed by atoms with Crippen LogP contribution in [0.5, 0.6) is 0 Å². The summed E-state index contributed by atoms with van der Waals surface area (Å²) in [5.41, 5.74) is 1.23. The molecule has 0 bridgehead atoms. The first kappa shape index (κ1) is 15.8. The summed E-state index contributed by atoms with van der Waals surface area (Å²) >= 11 is 0. The van der Waals surface area contributed by atoms with Crippen molar-refractivity contribution in [2.45, 2.75) is 45.7 Å². The monoisotopic (exact) mass is 291 g/mol. The highest BCUT2D eigenvalue weighted by Crippen LogP contribution is 2.22. The lowest BCUT2D eigenvalue weighted by Gasteiger charge is -2.44. The molecule has 0 radical (unpaired) electrons. The Morgan fingerprint density at radius 3 is 2.38 bits per heavy atom. The highest BCUT2D eigenvalue weighted by molar-refractivity contribution is 5.78. The molecule has 1 aliphatic heterocycles. The maximum Gasteiger partial charge on any atom is 0.248 e. The minimum Gasteiger partial charge on any atom is -0.387 e. The summed E-state index contributed by atoms with van der Waals surface area (Å²) < 4.78 is 0. The molecule has 1 fully saturated rings. The van der Waals surface area contributed by atoms with Gasteiger partial charge in [-0.3, -0.25) is 4.79 Å². The van der Waals surface area contributed by atoms with E-state index in [1.165, 1.54) is 5.56 Å². The largest absolute Gasteiger partial charge is 0.387 e. The van der Waals surface area contributed by atoms with E-state index < -0.39 is 6.61 Å². The van der Waals surface area contributed by atoms with Gasteiger partial charge >= 0.3 is 0 Å². The molecule has 1 aromatic heterocycles. The summed E-state index contributed by atoms with van der Waals surface area (Å²) in [6.07, 6.45) is 1.93. The van der Waals surface area contributed by atoms with Gasteiger partial charge in [-0.15, -0.1) is 0 Å². The molecule has 0 aliphatic carbocycles. The lowest BCUT2D eigenvalue weighted by molar-refractivity contribution is -0.139. The van der Waals surface area contributed by atoms with Crippen molar-refractivity contribution in [3.63, 3.8) is 0 Å². The van der Waals surface area contributed by atoms with E-state index in [9.17, 15) is 4.79 Å². The smallest absolute Gasteiger partial charge is 0.248 e. The minimum atomic E-state index is -0.421. The van der Waals surface area contributed by atoms with E-state index in [0.29, 0.717) is 5.92 Å². The van der Waals surface area contributed by atoms with Crippen LogP contribution in [0.3, 0.4) is 0 Å². The predicted octanol–water partition coefficient (Wildman–Crippen LogP) is 1.62. The summed E-state index contributed by atoms with van der Waals surface area (Å²) in [6, 6.07) is 4.31. The van der Waals surface area contributed by atoms with Gasteiger partial charge in [0.2, 0.25) is 5.91 Å². The van der Waals surface area contributed by atoms with Crippen LogP contribution >= 0.6 is 0 Å². The van der Waals surface area contributed by atoms with Crippen LogP contribution in [0.25, 0.3) is 0 Å². The lowest BCUT2D eigenvalue weighted by Crippen LogP contribution is -2.59. The number of carbonyl (C=O) groups is 1. The Hall–Kier alpha value is -1.62. The number of aliphatic hydroxyl groups is 1. The average Bonchev–Trinajstić information content (AvgIpc) is 2.46. The fourth-order valence-electron chi connectivity index (χ4n) is 3.01. The van der Waals surface area contributed by atoms with Gasteiger partial charge in [-0.1, -0.05) is 19.9 Å². The molecule has 1 aromatic rings. The molecule has 5 nitrogen and oxygen atoms in total. The van der Waals surface area contributed by atoms with Gasteiger partial charge in [-0.2, -0.15) is 0 Å². The first-order chi connectivity index (χ1) is 9.93. The molecule has 0 aromatic carbocycles. The average molecular weight is 291 g/mol. The Balaban J connectivity index is 2.11. The zero-order chi connectivity index (χ0) is 15.6. The third-order valence-electron chi connectivity index (χ3n) is 4.10. The SMILES string of the molecule is CC(C)c1ccc(N2C[C@@H](C)N(C(=O)CO)[C@@H](C)C2)nc1. The maximum absolute atomic E-state index is 11.8. The molecular formula is C16H25N3O2. The molecule has 1 saturated heterocycles. The molecule has 2 atom stereocenters. The van der Waals surface area contributed by atoms with Crippen molar-refractivity contribution in [3.05, 3.63) is 23.9 Å². The van der Waals surface area contributed by atoms with Crippen molar-refractivity contribution in [3.8, 4) is 0 Å². The minimum absolute atomic E-state index is 0.0694. The lowest BCUT2D eigenvalue weighted by atomic mass is 10.1. The Morgan fingerprint density at radius 2 is 1.95 bits per heavy atom. The second-order valence-electron chi connectivity index (χ2n) is 6.17. The number of nitrogens with zero attached hydrogens (tertiary/aromatic N) is 3. The van der Waals surface area contributed by atoms with E-state index in [1.54, 1.807) is 4.90 Å². The number of aliphatic hydroxyl groups excluding tert-OH is 1. The van der Waals surface area contributed by atoms with E-state index in [0.717, 1.165) is 18.9 Å². The molecule has 0 spiro atoms. The van der Waals surface area contributed by atoms with E-state index >= 15 is 0 Å². The summed E-state index contributed by atoms with van der Waals surface area (Å²) in [6.45, 7) is 9.39. The molecule has 2 rings (SSSR count). The second-order valence-corrected chi connectivity index (χ2v) is 6.17. The van der Waals surface area contributed by atoms with Crippen molar-refractivity contribution >= 4 is 11.7 Å². The molecule has 1 aliphatic rings. The Bertz CT molecular complexity index is 475. The maximum atomic E-state index is 11.8. The third-order valence-corrected chi connectivity index (χ3v) is 4.10. The van der Waals surface area contributed by atoms with Crippen LogP contribution in [-0.4, -0.2) is 52.7 Å². The van der Waals surface area contributed by atoms with Crippen molar-refractivity contribution in [2.75, 3.05) is 24.6 Å². The second kappa shape index (κ2) is 6.43. The highest BCUT2D eigenvalue weighted by atomic mass is 16.3. The number of rotatable bonds is 3. The summed E-state index contributed by atoms with van der Waals surface area (Å²) in [4.78, 5) is 20.3. The van der Waals surface area contributed by atoms with Gasteiger partial charge in [0.15, 0.2) is 0 Å². The van der Waals surface area contributed by atoms with Gasteiger partial charge in [-0.05, 0) is 31.4 Å². The highest BCUT2D eigenvalue weighted by Gasteiger charge is 2.32. The van der Waals surface area contributed by atoms with E-state index in [-0.39, 0.29) is 18.0 Å². The molecular weight excluding hydrogens is 266 g/mol. The number of amides is 1. The van der Waals surface area contributed by atoms with E-state index in [1.807, 2.05) is 20.0 Å². The van der Waals surface area contributed by atoms with E-state index in [2.05, 4.69) is 35.9 Å². The number of pyridine rings is 1. The van der Waals surface area contributed by atoms with Gasteiger partial charge in [-0.25, -0.2) is 4.98 Å². The molecule has 2 heterocycles. The zero-order valence-electron chi connectivity index (χ0n) is 13.3. The van der Waals surface area contributed by atoms with Crippen LogP contribution in [0.1, 0.15) is 39.2 Å². The number of carbonyl (C=O) groups excluding carboxylic acids is 1. The molecule has 0 saturated carbocycles. The number of aromatic nitrogens is 1. The number of hydrogen-bond acceptors (Lipinski definition) is 4. The summed E-state index contributed by atoms with van der Waals surface area (Å²) in [7, 11) is 0. The topological polar surface area (TPSA) is 56.7 Å². The quantitative estimate of drug-likeness (QED) is 0.919. The van der Waals surface area contributed by atoms with Crippen molar-refractivity contribution in [1.29, 1.82) is 0 Å². The van der Waals surface area contributed by atoms with Gasteiger partial charge < -0.3 is 14.9 Å². The first-order valence-electron chi connectivity index (χ1n) is 7.57. The number of hydrogen-bond donors (Lipinski definition) is 1. The van der Waals surface area contributed by atoms with Crippen molar-refractivity contribution in [1.82, 2.24) is 9.88 Å². The zero-order valence-corrected chi connectivity index (χ0v) is 13.3. The van der Waals surface area contributed by atoms with Gasteiger partial charge in [0, 0.05) is 31.4 Å². The summed E-state index contributed by atoms with van der Waals surface area (Å²) in [5.74, 6) is 1.23. The number of piperazine rings is 1. The van der Waals surface area contributed by atoms with Crippen LogP contribution in [-0.2, 0) is 4.79 Å². The molecule has 1 amide bonds. The van der Waals surface area contributed by atoms with Crippen LogP contribution < -0.4 is 4.90 Å². The van der Waals surface area contributed by atoms with Gasteiger partial charge in [0.1, 0.15) is 12.4 Å².